The largest absolute Gasteiger partial charge is 0.324 e. The highest BCUT2D eigenvalue weighted by Crippen LogP contribution is 2.23. The summed E-state index contributed by atoms with van der Waals surface area (Å²) < 4.78 is 1.91. The molecule has 1 atom stereocenters. The monoisotopic (exact) mass is 410 g/mol. The third kappa shape index (κ3) is 4.66. The molecule has 3 nitrogen and oxygen atoms in total. The number of benzene rings is 2. The van der Waals surface area contributed by atoms with Gasteiger partial charge in [0, 0.05) is 15.0 Å². The summed E-state index contributed by atoms with van der Waals surface area (Å²) in [5, 5.41) is 6.09. The van der Waals surface area contributed by atoms with Crippen LogP contribution in [0.2, 0.25) is 0 Å². The molecule has 0 fully saturated rings. The Morgan fingerprint density at radius 2 is 1.67 bits per heavy atom. The molecule has 2 aromatic rings. The fourth-order valence-corrected chi connectivity index (χ4v) is 2.95. The zero-order chi connectivity index (χ0) is 15.2. The fraction of sp³-hybridized carbons (Fsp3) is 0.188. The average molecular weight is 412 g/mol. The Morgan fingerprint density at radius 3 is 2.33 bits per heavy atom. The number of rotatable bonds is 5. The summed E-state index contributed by atoms with van der Waals surface area (Å²) in [6.45, 7) is 2.29. The minimum atomic E-state index is -0.0687. The molecule has 0 aliphatic rings. The third-order valence-electron chi connectivity index (χ3n) is 3.09. The van der Waals surface area contributed by atoms with Gasteiger partial charge in [-0.05, 0) is 46.6 Å². The summed E-state index contributed by atoms with van der Waals surface area (Å²) in [5.74, 6) is -0.0687. The van der Waals surface area contributed by atoms with Crippen molar-refractivity contribution in [2.45, 2.75) is 13.0 Å². The smallest absolute Gasteiger partial charge is 0.238 e. The molecule has 0 radical (unpaired) electrons. The topological polar surface area (TPSA) is 41.1 Å². The minimum Gasteiger partial charge on any atom is -0.324 e. The molecule has 0 heterocycles. The second-order valence-corrected chi connectivity index (χ2v) is 6.36. The van der Waals surface area contributed by atoms with Crippen LogP contribution >= 0.6 is 31.9 Å². The van der Waals surface area contributed by atoms with E-state index in [-0.39, 0.29) is 18.5 Å². The molecule has 0 unspecified atom stereocenters. The predicted octanol–water partition coefficient (Wildman–Crippen LogP) is 4.50. The van der Waals surface area contributed by atoms with Crippen molar-refractivity contribution < 1.29 is 4.79 Å². The van der Waals surface area contributed by atoms with Crippen LogP contribution in [0.5, 0.6) is 0 Å². The van der Waals surface area contributed by atoms with E-state index in [1.54, 1.807) is 0 Å². The van der Waals surface area contributed by atoms with Gasteiger partial charge >= 0.3 is 0 Å². The maximum Gasteiger partial charge on any atom is 0.238 e. The SMILES string of the molecule is C[C@H](NCC(=O)Nc1ccccc1Br)c1ccccc1Br. The predicted molar refractivity (Wildman–Crippen MR) is 93.3 cm³/mol. The Bertz CT molecular complexity index is 631. The first-order chi connectivity index (χ1) is 10.1. The van der Waals surface area contributed by atoms with Crippen LogP contribution in [0.25, 0.3) is 0 Å². The third-order valence-corrected chi connectivity index (χ3v) is 4.50. The van der Waals surface area contributed by atoms with Crippen LogP contribution in [0.3, 0.4) is 0 Å². The molecule has 0 aliphatic heterocycles. The summed E-state index contributed by atoms with van der Waals surface area (Å²) in [6, 6.07) is 15.6. The van der Waals surface area contributed by atoms with Crippen molar-refractivity contribution >= 4 is 43.5 Å². The van der Waals surface area contributed by atoms with E-state index in [9.17, 15) is 4.79 Å². The molecule has 0 aromatic heterocycles. The number of carbonyl (C=O) groups is 1. The lowest BCUT2D eigenvalue weighted by Crippen LogP contribution is -2.30. The van der Waals surface area contributed by atoms with Crippen LogP contribution < -0.4 is 10.6 Å². The fourth-order valence-electron chi connectivity index (χ4n) is 1.94. The van der Waals surface area contributed by atoms with Gasteiger partial charge in [0.1, 0.15) is 0 Å². The van der Waals surface area contributed by atoms with Crippen molar-refractivity contribution in [2.24, 2.45) is 0 Å². The van der Waals surface area contributed by atoms with Crippen LogP contribution in [-0.4, -0.2) is 12.5 Å². The number of hydrogen-bond acceptors (Lipinski definition) is 2. The molecular weight excluding hydrogens is 396 g/mol. The quantitative estimate of drug-likeness (QED) is 0.760. The Balaban J connectivity index is 1.90. The van der Waals surface area contributed by atoms with Crippen molar-refractivity contribution in [3.05, 3.63) is 63.0 Å². The van der Waals surface area contributed by atoms with Gasteiger partial charge < -0.3 is 10.6 Å². The van der Waals surface area contributed by atoms with E-state index in [2.05, 4.69) is 42.5 Å². The van der Waals surface area contributed by atoms with Gasteiger partial charge in [-0.2, -0.15) is 0 Å². The minimum absolute atomic E-state index is 0.0687. The normalized spacial score (nSPS) is 12.0. The lowest BCUT2D eigenvalue weighted by molar-refractivity contribution is -0.115. The number of para-hydroxylation sites is 1. The van der Waals surface area contributed by atoms with Gasteiger partial charge in [-0.15, -0.1) is 0 Å². The molecule has 0 spiro atoms. The van der Waals surface area contributed by atoms with Gasteiger partial charge in [-0.3, -0.25) is 4.79 Å². The van der Waals surface area contributed by atoms with Crippen LogP contribution in [-0.2, 0) is 4.79 Å². The summed E-state index contributed by atoms with van der Waals surface area (Å²) in [4.78, 5) is 12.0. The molecule has 2 rings (SSSR count). The van der Waals surface area contributed by atoms with E-state index in [4.69, 9.17) is 0 Å². The Kier molecular flexibility index (Phi) is 5.96. The Hall–Kier alpha value is -1.17. The Labute approximate surface area is 141 Å². The molecule has 2 aromatic carbocycles. The van der Waals surface area contributed by atoms with Crippen molar-refractivity contribution in [2.75, 3.05) is 11.9 Å². The maximum atomic E-state index is 12.0. The number of anilines is 1. The molecule has 2 N–H and O–H groups in total. The van der Waals surface area contributed by atoms with E-state index < -0.39 is 0 Å². The first-order valence-corrected chi connectivity index (χ1v) is 8.18. The zero-order valence-corrected chi connectivity index (χ0v) is 14.7. The first-order valence-electron chi connectivity index (χ1n) is 6.60. The highest BCUT2D eigenvalue weighted by molar-refractivity contribution is 9.10. The number of halogens is 2. The van der Waals surface area contributed by atoms with Gasteiger partial charge in [0.15, 0.2) is 0 Å². The van der Waals surface area contributed by atoms with E-state index >= 15 is 0 Å². The molecule has 1 amide bonds. The van der Waals surface area contributed by atoms with Gasteiger partial charge in [-0.25, -0.2) is 0 Å². The lowest BCUT2D eigenvalue weighted by Gasteiger charge is -2.16. The number of amides is 1. The van der Waals surface area contributed by atoms with Gasteiger partial charge in [-0.1, -0.05) is 46.3 Å². The highest BCUT2D eigenvalue weighted by Gasteiger charge is 2.11. The molecule has 0 saturated carbocycles. The summed E-state index contributed by atoms with van der Waals surface area (Å²) in [5.41, 5.74) is 1.91. The van der Waals surface area contributed by atoms with Gasteiger partial charge in [0.05, 0.1) is 12.2 Å². The van der Waals surface area contributed by atoms with Crippen LogP contribution in [0.1, 0.15) is 18.5 Å². The van der Waals surface area contributed by atoms with E-state index in [1.807, 2.05) is 55.5 Å². The standard InChI is InChI=1S/C16H16Br2N2O/c1-11(12-6-2-3-7-13(12)17)19-10-16(21)20-15-9-5-4-8-14(15)18/h2-9,11,19H,10H2,1H3,(H,20,21)/t11-/m0/s1. The van der Waals surface area contributed by atoms with Crippen molar-refractivity contribution in [3.63, 3.8) is 0 Å². The van der Waals surface area contributed by atoms with E-state index in [1.165, 1.54) is 0 Å². The van der Waals surface area contributed by atoms with E-state index in [0.717, 1.165) is 20.2 Å². The molecule has 110 valence electrons. The van der Waals surface area contributed by atoms with Gasteiger partial charge in [0.25, 0.3) is 0 Å². The number of carbonyl (C=O) groups excluding carboxylic acids is 1. The summed E-state index contributed by atoms with van der Waals surface area (Å²) in [6.07, 6.45) is 0. The molecular formula is C16H16Br2N2O. The summed E-state index contributed by atoms with van der Waals surface area (Å²) >= 11 is 6.93. The maximum absolute atomic E-state index is 12.0. The number of nitrogens with one attached hydrogen (secondary N) is 2. The average Bonchev–Trinajstić information content (AvgIpc) is 2.48. The zero-order valence-electron chi connectivity index (χ0n) is 11.6. The van der Waals surface area contributed by atoms with Gasteiger partial charge in [0.2, 0.25) is 5.91 Å². The van der Waals surface area contributed by atoms with Crippen LogP contribution in [0.4, 0.5) is 5.69 Å². The second kappa shape index (κ2) is 7.73. The molecule has 0 saturated heterocycles. The van der Waals surface area contributed by atoms with Crippen molar-refractivity contribution in [3.8, 4) is 0 Å². The van der Waals surface area contributed by atoms with Crippen LogP contribution in [0, 0.1) is 0 Å². The molecule has 0 aliphatic carbocycles. The highest BCUT2D eigenvalue weighted by atomic mass is 79.9. The first kappa shape index (κ1) is 16.2. The molecule has 5 heteroatoms. The molecule has 21 heavy (non-hydrogen) atoms. The molecule has 0 bridgehead atoms. The number of hydrogen-bond donors (Lipinski definition) is 2. The van der Waals surface area contributed by atoms with Crippen molar-refractivity contribution in [1.82, 2.24) is 5.32 Å². The second-order valence-electron chi connectivity index (χ2n) is 4.65. The summed E-state index contributed by atoms with van der Waals surface area (Å²) in [7, 11) is 0. The van der Waals surface area contributed by atoms with Crippen molar-refractivity contribution in [1.29, 1.82) is 0 Å². The van der Waals surface area contributed by atoms with E-state index in [0.29, 0.717) is 0 Å². The Morgan fingerprint density at radius 1 is 1.05 bits per heavy atom. The lowest BCUT2D eigenvalue weighted by atomic mass is 10.1. The van der Waals surface area contributed by atoms with Crippen LogP contribution in [0.15, 0.2) is 57.5 Å².